The molecular formula is C16H20N4O2. The highest BCUT2D eigenvalue weighted by Crippen LogP contribution is 2.31. The Morgan fingerprint density at radius 3 is 2.82 bits per heavy atom. The van der Waals surface area contributed by atoms with Crippen molar-refractivity contribution >= 4 is 5.91 Å². The van der Waals surface area contributed by atoms with Crippen molar-refractivity contribution in [2.45, 2.75) is 44.9 Å². The lowest BCUT2D eigenvalue weighted by molar-refractivity contribution is 0.0811. The predicted octanol–water partition coefficient (Wildman–Crippen LogP) is 1.39. The molecule has 1 aliphatic rings. The van der Waals surface area contributed by atoms with Gasteiger partial charge in [-0.1, -0.05) is 0 Å². The predicted molar refractivity (Wildman–Crippen MR) is 81.5 cm³/mol. The number of aliphatic hydroxyl groups is 1. The average Bonchev–Trinajstić information content (AvgIpc) is 3.06. The topological polar surface area (TPSA) is 80.0 Å². The Morgan fingerprint density at radius 2 is 2.14 bits per heavy atom. The molecule has 0 aliphatic heterocycles. The van der Waals surface area contributed by atoms with Crippen LogP contribution in [-0.2, 0) is 0 Å². The van der Waals surface area contributed by atoms with Gasteiger partial charge in [0.1, 0.15) is 5.82 Å². The fourth-order valence-corrected chi connectivity index (χ4v) is 3.13. The molecule has 0 radical (unpaired) electrons. The van der Waals surface area contributed by atoms with Crippen molar-refractivity contribution in [3.8, 4) is 0 Å². The number of rotatable bonds is 3. The molecule has 2 aromatic rings. The van der Waals surface area contributed by atoms with Crippen LogP contribution in [0.15, 0.2) is 30.7 Å². The van der Waals surface area contributed by atoms with E-state index in [-0.39, 0.29) is 18.0 Å². The zero-order chi connectivity index (χ0) is 15.7. The van der Waals surface area contributed by atoms with Crippen molar-refractivity contribution in [3.05, 3.63) is 47.8 Å². The molecule has 1 aliphatic carbocycles. The summed E-state index contributed by atoms with van der Waals surface area (Å²) in [6.07, 6.45) is 6.21. The number of pyridine rings is 1. The number of carbonyl (C=O) groups excluding carboxylic acids is 1. The van der Waals surface area contributed by atoms with Gasteiger partial charge in [-0.25, -0.2) is 4.98 Å². The van der Waals surface area contributed by atoms with Crippen LogP contribution in [-0.4, -0.2) is 37.7 Å². The van der Waals surface area contributed by atoms with Gasteiger partial charge < -0.3 is 15.0 Å². The Balaban J connectivity index is 1.71. The second-order valence-corrected chi connectivity index (χ2v) is 5.73. The number of aryl methyl sites for hydroxylation is 2. The van der Waals surface area contributed by atoms with Gasteiger partial charge >= 0.3 is 0 Å². The first-order chi connectivity index (χ1) is 10.6. The molecule has 3 atom stereocenters. The van der Waals surface area contributed by atoms with E-state index in [4.69, 9.17) is 0 Å². The first-order valence-corrected chi connectivity index (χ1v) is 7.48. The summed E-state index contributed by atoms with van der Waals surface area (Å²) in [6, 6.07) is 3.20. The van der Waals surface area contributed by atoms with E-state index in [2.05, 4.69) is 15.3 Å². The van der Waals surface area contributed by atoms with Crippen molar-refractivity contribution in [2.24, 2.45) is 0 Å². The quantitative estimate of drug-likeness (QED) is 0.897. The lowest BCUT2D eigenvalue weighted by Crippen LogP contribution is -2.42. The highest BCUT2D eigenvalue weighted by molar-refractivity contribution is 5.95. The van der Waals surface area contributed by atoms with Gasteiger partial charge in [-0.2, -0.15) is 0 Å². The van der Waals surface area contributed by atoms with Gasteiger partial charge in [0.25, 0.3) is 5.91 Å². The van der Waals surface area contributed by atoms with Gasteiger partial charge in [0, 0.05) is 24.3 Å². The van der Waals surface area contributed by atoms with Crippen molar-refractivity contribution < 1.29 is 9.90 Å². The van der Waals surface area contributed by atoms with Crippen LogP contribution in [0.25, 0.3) is 0 Å². The molecule has 2 N–H and O–H groups in total. The number of aromatic nitrogens is 3. The highest BCUT2D eigenvalue weighted by atomic mass is 16.3. The molecule has 0 aromatic carbocycles. The summed E-state index contributed by atoms with van der Waals surface area (Å²) in [7, 11) is 0. The summed E-state index contributed by atoms with van der Waals surface area (Å²) < 4.78 is 1.98. The molecule has 1 saturated carbocycles. The minimum atomic E-state index is -0.617. The SMILES string of the molecule is Cc1ncccc1C(=O)N[C@@H]1CC[C@@H](n2ccnc2C)[C@@H]1O. The summed E-state index contributed by atoms with van der Waals surface area (Å²) >= 11 is 0. The number of nitrogens with zero attached hydrogens (tertiary/aromatic N) is 3. The van der Waals surface area contributed by atoms with Crippen molar-refractivity contribution in [1.29, 1.82) is 0 Å². The van der Waals surface area contributed by atoms with E-state index >= 15 is 0 Å². The molecule has 1 amide bonds. The van der Waals surface area contributed by atoms with E-state index in [0.29, 0.717) is 11.3 Å². The van der Waals surface area contributed by atoms with Gasteiger partial charge in [-0.05, 0) is 38.8 Å². The molecule has 6 heteroatoms. The summed E-state index contributed by atoms with van der Waals surface area (Å²) in [6.45, 7) is 3.72. The normalized spacial score (nSPS) is 24.4. The number of hydrogen-bond acceptors (Lipinski definition) is 4. The molecule has 0 unspecified atom stereocenters. The second-order valence-electron chi connectivity index (χ2n) is 5.73. The molecule has 6 nitrogen and oxygen atoms in total. The van der Waals surface area contributed by atoms with Crippen molar-refractivity contribution in [2.75, 3.05) is 0 Å². The van der Waals surface area contributed by atoms with Crippen LogP contribution in [0, 0.1) is 13.8 Å². The molecule has 0 bridgehead atoms. The monoisotopic (exact) mass is 300 g/mol. The maximum absolute atomic E-state index is 12.3. The van der Waals surface area contributed by atoms with Crippen LogP contribution in [0.1, 0.15) is 40.8 Å². The molecule has 3 rings (SSSR count). The Bertz CT molecular complexity index is 682. The third kappa shape index (κ3) is 2.62. The minimum absolute atomic E-state index is 0.0391. The second kappa shape index (κ2) is 5.88. The molecule has 2 heterocycles. The Morgan fingerprint density at radius 1 is 1.32 bits per heavy atom. The molecule has 0 saturated heterocycles. The van der Waals surface area contributed by atoms with Gasteiger partial charge in [-0.3, -0.25) is 9.78 Å². The first kappa shape index (κ1) is 14.7. The van der Waals surface area contributed by atoms with E-state index in [1.807, 2.05) is 17.7 Å². The molecular weight excluding hydrogens is 280 g/mol. The Hall–Kier alpha value is -2.21. The van der Waals surface area contributed by atoms with E-state index in [0.717, 1.165) is 18.7 Å². The summed E-state index contributed by atoms with van der Waals surface area (Å²) in [5.41, 5.74) is 1.24. The number of hydrogen-bond donors (Lipinski definition) is 2. The van der Waals surface area contributed by atoms with Gasteiger partial charge in [0.15, 0.2) is 0 Å². The van der Waals surface area contributed by atoms with Gasteiger partial charge in [-0.15, -0.1) is 0 Å². The van der Waals surface area contributed by atoms with Crippen molar-refractivity contribution in [1.82, 2.24) is 19.9 Å². The van der Waals surface area contributed by atoms with E-state index in [9.17, 15) is 9.90 Å². The van der Waals surface area contributed by atoms with Crippen LogP contribution in [0.2, 0.25) is 0 Å². The Labute approximate surface area is 129 Å². The zero-order valence-electron chi connectivity index (χ0n) is 12.7. The van der Waals surface area contributed by atoms with E-state index < -0.39 is 6.10 Å². The number of amides is 1. The number of nitrogens with one attached hydrogen (secondary N) is 1. The Kier molecular flexibility index (Phi) is 3.94. The fraction of sp³-hybridized carbons (Fsp3) is 0.438. The zero-order valence-corrected chi connectivity index (χ0v) is 12.7. The molecule has 0 spiro atoms. The third-order valence-electron chi connectivity index (χ3n) is 4.37. The lowest BCUT2D eigenvalue weighted by Gasteiger charge is -2.22. The minimum Gasteiger partial charge on any atom is -0.389 e. The summed E-state index contributed by atoms with van der Waals surface area (Å²) in [5, 5.41) is 13.5. The van der Waals surface area contributed by atoms with Crippen LogP contribution in [0.4, 0.5) is 0 Å². The molecule has 2 aromatic heterocycles. The van der Waals surface area contributed by atoms with Crippen molar-refractivity contribution in [3.63, 3.8) is 0 Å². The molecule has 116 valence electrons. The summed E-state index contributed by atoms with van der Waals surface area (Å²) in [4.78, 5) is 20.7. The van der Waals surface area contributed by atoms with Gasteiger partial charge in [0.05, 0.1) is 23.8 Å². The first-order valence-electron chi connectivity index (χ1n) is 7.48. The van der Waals surface area contributed by atoms with Crippen LogP contribution >= 0.6 is 0 Å². The lowest BCUT2D eigenvalue weighted by atomic mass is 10.1. The van der Waals surface area contributed by atoms with Gasteiger partial charge in [0.2, 0.25) is 0 Å². The maximum atomic E-state index is 12.3. The number of carbonyl (C=O) groups is 1. The van der Waals surface area contributed by atoms with E-state index in [1.165, 1.54) is 0 Å². The highest BCUT2D eigenvalue weighted by Gasteiger charge is 2.37. The number of aliphatic hydroxyl groups excluding tert-OH is 1. The third-order valence-corrected chi connectivity index (χ3v) is 4.37. The van der Waals surface area contributed by atoms with Crippen LogP contribution in [0.3, 0.4) is 0 Å². The largest absolute Gasteiger partial charge is 0.389 e. The smallest absolute Gasteiger partial charge is 0.253 e. The average molecular weight is 300 g/mol. The van der Waals surface area contributed by atoms with Crippen LogP contribution in [0.5, 0.6) is 0 Å². The number of imidazole rings is 1. The molecule has 1 fully saturated rings. The summed E-state index contributed by atoms with van der Waals surface area (Å²) in [5.74, 6) is 0.691. The fourth-order valence-electron chi connectivity index (χ4n) is 3.13. The van der Waals surface area contributed by atoms with E-state index in [1.54, 1.807) is 31.5 Å². The van der Waals surface area contributed by atoms with Crippen LogP contribution < -0.4 is 5.32 Å². The molecule has 22 heavy (non-hydrogen) atoms. The standard InChI is InChI=1S/C16H20N4O2/c1-10-12(4-3-7-17-10)16(22)19-13-5-6-14(15(13)21)20-9-8-18-11(20)2/h3-4,7-9,13-15,21H,5-6H2,1-2H3,(H,19,22)/t13-,14-,15-/m1/s1. The maximum Gasteiger partial charge on any atom is 0.253 e.